The maximum Gasteiger partial charge on any atom is 0.255 e. The number of fused-ring (bicyclic) bond motifs is 2. The lowest BCUT2D eigenvalue weighted by Crippen LogP contribution is -2.12. The van der Waals surface area contributed by atoms with Gasteiger partial charge in [-0.15, -0.1) is 0 Å². The standard InChI is InChI=1S/C25H21N7O.C19H18N6/c1-17(18-5-3-2-4-6-18)29-23-14-27-15-24(31-23)32-16-28-21-8-7-20(13-22(21)32)30-25(33)19-9-11-26-12-10-19;1-13(14-5-3-2-4-6-14)23-18-10-21-11-19(24-18)25-12-22-16-8-7-15(20)9-17(16)25/h2-17H,1H3,(H,29,31)(H,30,33);2-13H,20H2,1H3,(H,23,24)/t17-;13-/m00/s1. The number of nitrogens with zero attached hydrogens (tertiary/aromatic N) is 9. The number of rotatable bonds is 10. The van der Waals surface area contributed by atoms with Crippen molar-refractivity contribution < 1.29 is 4.79 Å². The molecule has 9 aromatic rings. The van der Waals surface area contributed by atoms with Gasteiger partial charge in [0.05, 0.1) is 46.9 Å². The number of nitrogen functional groups attached to an aromatic ring is 1. The molecule has 286 valence electrons. The predicted octanol–water partition coefficient (Wildman–Crippen LogP) is 8.21. The summed E-state index contributed by atoms with van der Waals surface area (Å²) in [6, 6.07) is 35.1. The summed E-state index contributed by atoms with van der Waals surface area (Å²) in [5.41, 5.74) is 13.5. The third-order valence-electron chi connectivity index (χ3n) is 9.38. The van der Waals surface area contributed by atoms with Crippen molar-refractivity contribution in [2.24, 2.45) is 0 Å². The number of aromatic nitrogens is 9. The monoisotopic (exact) mass is 765 g/mol. The van der Waals surface area contributed by atoms with E-state index in [2.05, 4.69) is 84.0 Å². The molecule has 14 nitrogen and oxygen atoms in total. The van der Waals surface area contributed by atoms with Crippen molar-refractivity contribution in [1.29, 1.82) is 0 Å². The SMILES string of the molecule is C[C@H](Nc1cncc(-n2cnc3ccc(N)cc32)n1)c1ccccc1.C[C@H](Nc1cncc(-n2cnc3ccc(NC(=O)c4ccncc4)cc32)n1)c1ccccc1. The molecular formula is C44H39N13O. The maximum atomic E-state index is 12.5. The quantitative estimate of drug-likeness (QED) is 0.0986. The molecular weight excluding hydrogens is 727 g/mol. The molecule has 9 rings (SSSR count). The number of imidazole rings is 2. The van der Waals surface area contributed by atoms with Crippen LogP contribution in [0.4, 0.5) is 23.0 Å². The van der Waals surface area contributed by atoms with Crippen molar-refractivity contribution in [2.75, 3.05) is 21.7 Å². The molecule has 5 aromatic heterocycles. The summed E-state index contributed by atoms with van der Waals surface area (Å²) in [6.07, 6.45) is 13.4. The molecule has 5 heterocycles. The number of pyridine rings is 1. The molecule has 4 aromatic carbocycles. The molecule has 2 atom stereocenters. The van der Waals surface area contributed by atoms with E-state index >= 15 is 0 Å². The average molecular weight is 766 g/mol. The van der Waals surface area contributed by atoms with Crippen LogP contribution in [-0.2, 0) is 0 Å². The topological polar surface area (TPSA) is 179 Å². The number of amides is 1. The van der Waals surface area contributed by atoms with Crippen LogP contribution in [0.15, 0.2) is 159 Å². The first-order chi connectivity index (χ1) is 28.4. The van der Waals surface area contributed by atoms with E-state index in [1.807, 2.05) is 81.9 Å². The Kier molecular flexibility index (Phi) is 10.7. The lowest BCUT2D eigenvalue weighted by molar-refractivity contribution is 0.102. The van der Waals surface area contributed by atoms with E-state index in [1.165, 1.54) is 5.56 Å². The summed E-state index contributed by atoms with van der Waals surface area (Å²) in [5.74, 6) is 2.48. The van der Waals surface area contributed by atoms with E-state index in [0.717, 1.165) is 27.6 Å². The Balaban J connectivity index is 0.000000168. The van der Waals surface area contributed by atoms with Gasteiger partial charge in [-0.2, -0.15) is 0 Å². The summed E-state index contributed by atoms with van der Waals surface area (Å²) >= 11 is 0. The first-order valence-electron chi connectivity index (χ1n) is 18.6. The van der Waals surface area contributed by atoms with Crippen molar-refractivity contribution in [1.82, 2.24) is 44.0 Å². The van der Waals surface area contributed by atoms with Gasteiger partial charge in [0, 0.05) is 41.4 Å². The molecule has 0 aliphatic rings. The van der Waals surface area contributed by atoms with Crippen LogP contribution < -0.4 is 21.7 Å². The van der Waals surface area contributed by atoms with Gasteiger partial charge in [0.15, 0.2) is 11.6 Å². The molecule has 0 unspecified atom stereocenters. The lowest BCUT2D eigenvalue weighted by Gasteiger charge is -2.15. The highest BCUT2D eigenvalue weighted by Gasteiger charge is 2.13. The molecule has 1 amide bonds. The number of nitrogens with one attached hydrogen (secondary N) is 3. The summed E-state index contributed by atoms with van der Waals surface area (Å²) in [7, 11) is 0. The fraction of sp³-hybridized carbons (Fsp3) is 0.0909. The fourth-order valence-corrected chi connectivity index (χ4v) is 6.36. The van der Waals surface area contributed by atoms with E-state index in [4.69, 9.17) is 10.7 Å². The van der Waals surface area contributed by atoms with Gasteiger partial charge in [-0.25, -0.2) is 19.9 Å². The number of anilines is 4. The molecule has 0 radical (unpaired) electrons. The van der Waals surface area contributed by atoms with Crippen LogP contribution in [-0.4, -0.2) is 49.9 Å². The largest absolute Gasteiger partial charge is 0.399 e. The third-order valence-corrected chi connectivity index (χ3v) is 9.38. The lowest BCUT2D eigenvalue weighted by atomic mass is 10.1. The summed E-state index contributed by atoms with van der Waals surface area (Å²) in [5, 5.41) is 9.70. The van der Waals surface area contributed by atoms with Crippen LogP contribution in [0.5, 0.6) is 0 Å². The summed E-state index contributed by atoms with van der Waals surface area (Å²) < 4.78 is 3.74. The number of hydrogen-bond donors (Lipinski definition) is 4. The van der Waals surface area contributed by atoms with E-state index in [0.29, 0.717) is 40.2 Å². The van der Waals surface area contributed by atoms with Crippen molar-refractivity contribution >= 4 is 51.0 Å². The number of nitrogens with two attached hydrogens (primary N) is 1. The molecule has 0 saturated carbocycles. The van der Waals surface area contributed by atoms with Crippen LogP contribution in [0.2, 0.25) is 0 Å². The Labute approximate surface area is 333 Å². The van der Waals surface area contributed by atoms with Crippen LogP contribution in [0.25, 0.3) is 33.7 Å². The second-order valence-corrected chi connectivity index (χ2v) is 13.4. The maximum absolute atomic E-state index is 12.5. The van der Waals surface area contributed by atoms with E-state index in [9.17, 15) is 4.79 Å². The van der Waals surface area contributed by atoms with Crippen LogP contribution in [0.3, 0.4) is 0 Å². The molecule has 0 bridgehead atoms. The zero-order chi connectivity index (χ0) is 39.8. The Bertz CT molecular complexity index is 2790. The smallest absolute Gasteiger partial charge is 0.255 e. The predicted molar refractivity (Wildman–Crippen MR) is 227 cm³/mol. The number of hydrogen-bond acceptors (Lipinski definition) is 11. The molecule has 0 aliphatic heterocycles. The minimum absolute atomic E-state index is 0.0743. The van der Waals surface area contributed by atoms with Crippen molar-refractivity contribution in [3.05, 3.63) is 176 Å². The summed E-state index contributed by atoms with van der Waals surface area (Å²) in [6.45, 7) is 4.17. The highest BCUT2D eigenvalue weighted by atomic mass is 16.1. The average Bonchev–Trinajstić information content (AvgIpc) is 3.89. The Morgan fingerprint density at radius 1 is 0.603 bits per heavy atom. The number of benzene rings is 4. The van der Waals surface area contributed by atoms with Crippen molar-refractivity contribution in [3.8, 4) is 11.6 Å². The zero-order valence-electron chi connectivity index (χ0n) is 31.7. The minimum Gasteiger partial charge on any atom is -0.399 e. The fourth-order valence-electron chi connectivity index (χ4n) is 6.36. The second-order valence-electron chi connectivity index (χ2n) is 13.4. The van der Waals surface area contributed by atoms with Gasteiger partial charge in [0.1, 0.15) is 24.3 Å². The van der Waals surface area contributed by atoms with Gasteiger partial charge in [-0.3, -0.25) is 28.9 Å². The minimum atomic E-state index is -0.205. The molecule has 5 N–H and O–H groups in total. The van der Waals surface area contributed by atoms with Gasteiger partial charge >= 0.3 is 0 Å². The normalized spacial score (nSPS) is 12.0. The van der Waals surface area contributed by atoms with Crippen molar-refractivity contribution in [2.45, 2.75) is 25.9 Å². The first-order valence-corrected chi connectivity index (χ1v) is 18.6. The highest BCUT2D eigenvalue weighted by Crippen LogP contribution is 2.24. The van der Waals surface area contributed by atoms with Gasteiger partial charge in [-0.1, -0.05) is 60.7 Å². The second kappa shape index (κ2) is 16.8. The third kappa shape index (κ3) is 8.45. The molecule has 0 saturated heterocycles. The molecule has 0 aliphatic carbocycles. The Hall–Kier alpha value is -8.00. The molecule has 14 heteroatoms. The molecule has 58 heavy (non-hydrogen) atoms. The van der Waals surface area contributed by atoms with Gasteiger partial charge in [0.25, 0.3) is 5.91 Å². The van der Waals surface area contributed by atoms with Gasteiger partial charge < -0.3 is 21.7 Å². The molecule has 0 spiro atoms. The van der Waals surface area contributed by atoms with Gasteiger partial charge in [0.2, 0.25) is 0 Å². The van der Waals surface area contributed by atoms with Crippen LogP contribution in [0, 0.1) is 0 Å². The zero-order valence-corrected chi connectivity index (χ0v) is 31.7. The first kappa shape index (κ1) is 36.9. The Morgan fingerprint density at radius 2 is 1.12 bits per heavy atom. The highest BCUT2D eigenvalue weighted by molar-refractivity contribution is 6.04. The number of carbonyl (C=O) groups excluding carboxylic acids is 1. The van der Waals surface area contributed by atoms with Crippen LogP contribution in [0.1, 0.15) is 47.4 Å². The van der Waals surface area contributed by atoms with E-state index in [-0.39, 0.29) is 18.0 Å². The van der Waals surface area contributed by atoms with Gasteiger partial charge in [-0.05, 0) is 73.5 Å². The van der Waals surface area contributed by atoms with E-state index < -0.39 is 0 Å². The number of carbonyl (C=O) groups is 1. The van der Waals surface area contributed by atoms with Crippen molar-refractivity contribution in [3.63, 3.8) is 0 Å². The molecule has 0 fully saturated rings. The summed E-state index contributed by atoms with van der Waals surface area (Å²) in [4.78, 5) is 43.4. The van der Waals surface area contributed by atoms with E-state index in [1.54, 1.807) is 62.0 Å². The van der Waals surface area contributed by atoms with Crippen LogP contribution >= 0.6 is 0 Å². The Morgan fingerprint density at radius 3 is 1.67 bits per heavy atom.